The molecule has 1 aromatic rings. The number of hydrogen-bond acceptors (Lipinski definition) is 3. The molecule has 0 aliphatic heterocycles. The second-order valence-electron chi connectivity index (χ2n) is 1.79. The summed E-state index contributed by atoms with van der Waals surface area (Å²) in [6.45, 7) is 0. The first-order chi connectivity index (χ1) is 4.86. The van der Waals surface area contributed by atoms with Crippen molar-refractivity contribution in [3.05, 3.63) is 29.2 Å². The Labute approximate surface area is 63.6 Å². The summed E-state index contributed by atoms with van der Waals surface area (Å²) < 4.78 is 0. The Balaban J connectivity index is 2.90. The molecular formula is C7H7NOS. The molecule has 0 N–H and O–H groups in total. The molecule has 0 unspecified atom stereocenters. The van der Waals surface area contributed by atoms with Gasteiger partial charge in [-0.2, -0.15) is 0 Å². The Morgan fingerprint density at radius 3 is 2.30 bits per heavy atom. The standard InChI is InChI=1S/C7H7NOS/c1-10-7-4-2-6(8-9)3-5-7/h2-5H,1H3. The van der Waals surface area contributed by atoms with E-state index in [1.807, 2.05) is 18.4 Å². The molecule has 0 radical (unpaired) electrons. The molecule has 1 aromatic carbocycles. The van der Waals surface area contributed by atoms with Crippen LogP contribution in [0.25, 0.3) is 0 Å². The smallest absolute Gasteiger partial charge is 0.108 e. The van der Waals surface area contributed by atoms with Crippen LogP contribution in [-0.2, 0) is 0 Å². The summed E-state index contributed by atoms with van der Waals surface area (Å²) in [5, 5.41) is 2.79. The Hall–Kier alpha value is -0.830. The van der Waals surface area contributed by atoms with Gasteiger partial charge in [0.2, 0.25) is 0 Å². The fourth-order valence-corrected chi connectivity index (χ4v) is 1.05. The minimum atomic E-state index is 0.484. The highest BCUT2D eigenvalue weighted by Crippen LogP contribution is 2.18. The van der Waals surface area contributed by atoms with E-state index in [1.165, 1.54) is 0 Å². The van der Waals surface area contributed by atoms with Gasteiger partial charge in [0, 0.05) is 4.90 Å². The zero-order chi connectivity index (χ0) is 7.40. The summed E-state index contributed by atoms with van der Waals surface area (Å²) in [6.07, 6.45) is 1.99. The van der Waals surface area contributed by atoms with Crippen LogP contribution in [0.3, 0.4) is 0 Å². The average Bonchev–Trinajstić information content (AvgIpc) is 2.05. The van der Waals surface area contributed by atoms with Gasteiger partial charge in [-0.25, -0.2) is 0 Å². The molecule has 0 aliphatic carbocycles. The largest absolute Gasteiger partial charge is 0.145 e. The Morgan fingerprint density at radius 1 is 1.30 bits per heavy atom. The molecule has 0 aromatic heterocycles. The van der Waals surface area contributed by atoms with Gasteiger partial charge in [-0.05, 0) is 35.7 Å². The molecule has 2 nitrogen and oxygen atoms in total. The lowest BCUT2D eigenvalue weighted by Crippen LogP contribution is -1.66. The van der Waals surface area contributed by atoms with E-state index in [9.17, 15) is 4.91 Å². The zero-order valence-electron chi connectivity index (χ0n) is 5.57. The second kappa shape index (κ2) is 3.37. The second-order valence-corrected chi connectivity index (χ2v) is 2.67. The summed E-state index contributed by atoms with van der Waals surface area (Å²) in [6, 6.07) is 7.17. The molecule has 0 atom stereocenters. The van der Waals surface area contributed by atoms with E-state index in [4.69, 9.17) is 0 Å². The van der Waals surface area contributed by atoms with Crippen molar-refractivity contribution in [3.63, 3.8) is 0 Å². The Bertz CT molecular complexity index is 220. The van der Waals surface area contributed by atoms with Crippen molar-refractivity contribution in [2.45, 2.75) is 4.90 Å². The topological polar surface area (TPSA) is 29.4 Å². The third kappa shape index (κ3) is 1.57. The highest BCUT2D eigenvalue weighted by atomic mass is 32.2. The minimum Gasteiger partial charge on any atom is -0.145 e. The van der Waals surface area contributed by atoms with Crippen LogP contribution >= 0.6 is 11.8 Å². The molecule has 3 heteroatoms. The van der Waals surface area contributed by atoms with E-state index < -0.39 is 0 Å². The van der Waals surface area contributed by atoms with Gasteiger partial charge in [-0.1, -0.05) is 0 Å². The lowest BCUT2D eigenvalue weighted by atomic mass is 10.3. The molecule has 52 valence electrons. The van der Waals surface area contributed by atoms with Crippen LogP contribution in [0.4, 0.5) is 5.69 Å². The maximum atomic E-state index is 9.95. The Kier molecular flexibility index (Phi) is 2.45. The molecule has 0 amide bonds. The first-order valence-corrected chi connectivity index (χ1v) is 4.06. The lowest BCUT2D eigenvalue weighted by Gasteiger charge is -1.92. The summed E-state index contributed by atoms with van der Waals surface area (Å²) in [4.78, 5) is 11.1. The maximum absolute atomic E-state index is 9.95. The van der Waals surface area contributed by atoms with Crippen LogP contribution in [0, 0.1) is 4.91 Å². The predicted molar refractivity (Wildman–Crippen MR) is 43.7 cm³/mol. The van der Waals surface area contributed by atoms with Crippen LogP contribution in [-0.4, -0.2) is 6.26 Å². The molecule has 0 bridgehead atoms. The zero-order valence-corrected chi connectivity index (χ0v) is 6.39. The summed E-state index contributed by atoms with van der Waals surface area (Å²) in [5.41, 5.74) is 0.484. The highest BCUT2D eigenvalue weighted by molar-refractivity contribution is 7.98. The molecular weight excluding hydrogens is 146 g/mol. The first-order valence-electron chi connectivity index (χ1n) is 2.84. The quantitative estimate of drug-likeness (QED) is 0.483. The van der Waals surface area contributed by atoms with E-state index >= 15 is 0 Å². The highest BCUT2D eigenvalue weighted by Gasteiger charge is 1.90. The van der Waals surface area contributed by atoms with Crippen molar-refractivity contribution in [1.82, 2.24) is 0 Å². The fraction of sp³-hybridized carbons (Fsp3) is 0.143. The van der Waals surface area contributed by atoms with Gasteiger partial charge in [-0.15, -0.1) is 16.7 Å². The molecule has 10 heavy (non-hydrogen) atoms. The van der Waals surface area contributed by atoms with E-state index in [-0.39, 0.29) is 0 Å². The van der Waals surface area contributed by atoms with E-state index in [2.05, 4.69) is 5.18 Å². The molecule has 0 aliphatic rings. The van der Waals surface area contributed by atoms with Gasteiger partial charge in [0.1, 0.15) is 5.69 Å². The third-order valence-corrected chi connectivity index (χ3v) is 1.92. The normalized spacial score (nSPS) is 9.30. The van der Waals surface area contributed by atoms with E-state index in [0.717, 1.165) is 4.90 Å². The summed E-state index contributed by atoms with van der Waals surface area (Å²) in [5.74, 6) is 0. The van der Waals surface area contributed by atoms with Crippen molar-refractivity contribution in [2.24, 2.45) is 5.18 Å². The summed E-state index contributed by atoms with van der Waals surface area (Å²) in [7, 11) is 0. The predicted octanol–water partition coefficient (Wildman–Crippen LogP) is 2.81. The molecule has 0 spiro atoms. The van der Waals surface area contributed by atoms with Crippen LogP contribution in [0.5, 0.6) is 0 Å². The fourth-order valence-electron chi connectivity index (χ4n) is 0.643. The van der Waals surface area contributed by atoms with Gasteiger partial charge in [0.05, 0.1) is 0 Å². The van der Waals surface area contributed by atoms with Crippen molar-refractivity contribution < 1.29 is 0 Å². The SMILES string of the molecule is CSc1ccc(N=O)cc1. The number of rotatable bonds is 2. The van der Waals surface area contributed by atoms with Gasteiger partial charge < -0.3 is 0 Å². The molecule has 0 fully saturated rings. The number of nitroso groups, excluding NO2 is 1. The van der Waals surface area contributed by atoms with Gasteiger partial charge in [0.15, 0.2) is 0 Å². The lowest BCUT2D eigenvalue weighted by molar-refractivity contribution is 1.41. The van der Waals surface area contributed by atoms with Crippen LogP contribution in [0.1, 0.15) is 0 Å². The third-order valence-electron chi connectivity index (χ3n) is 1.18. The van der Waals surface area contributed by atoms with Gasteiger partial charge in [0.25, 0.3) is 0 Å². The van der Waals surface area contributed by atoms with Gasteiger partial charge >= 0.3 is 0 Å². The van der Waals surface area contributed by atoms with Crippen molar-refractivity contribution in [1.29, 1.82) is 0 Å². The molecule has 0 heterocycles. The monoisotopic (exact) mass is 153 g/mol. The summed E-state index contributed by atoms with van der Waals surface area (Å²) >= 11 is 1.64. The van der Waals surface area contributed by atoms with Crippen molar-refractivity contribution >= 4 is 17.4 Å². The molecule has 0 saturated carbocycles. The first kappa shape index (κ1) is 7.28. The van der Waals surface area contributed by atoms with Crippen molar-refractivity contribution in [3.8, 4) is 0 Å². The molecule has 1 rings (SSSR count). The number of benzene rings is 1. The number of thioether (sulfide) groups is 1. The van der Waals surface area contributed by atoms with E-state index in [0.29, 0.717) is 5.69 Å². The van der Waals surface area contributed by atoms with Gasteiger partial charge in [-0.3, -0.25) is 0 Å². The average molecular weight is 153 g/mol. The van der Waals surface area contributed by atoms with Crippen LogP contribution in [0.15, 0.2) is 34.3 Å². The van der Waals surface area contributed by atoms with Crippen LogP contribution < -0.4 is 0 Å². The number of hydrogen-bond donors (Lipinski definition) is 0. The number of nitrogens with zero attached hydrogens (tertiary/aromatic N) is 1. The van der Waals surface area contributed by atoms with E-state index in [1.54, 1.807) is 23.9 Å². The van der Waals surface area contributed by atoms with Crippen molar-refractivity contribution in [2.75, 3.05) is 6.26 Å². The van der Waals surface area contributed by atoms with Crippen LogP contribution in [0.2, 0.25) is 0 Å². The molecule has 0 saturated heterocycles. The minimum absolute atomic E-state index is 0.484. The maximum Gasteiger partial charge on any atom is 0.108 e. The Morgan fingerprint density at radius 2 is 1.90 bits per heavy atom.